The third-order valence-electron chi connectivity index (χ3n) is 2.25. The largest absolute Gasteiger partial charge is 0.381 e. The molecule has 0 saturated heterocycles. The highest BCUT2D eigenvalue weighted by Crippen LogP contribution is 2.30. The fourth-order valence-corrected chi connectivity index (χ4v) is 2.22. The summed E-state index contributed by atoms with van der Waals surface area (Å²) in [7, 11) is 0. The molecule has 0 saturated carbocycles. The van der Waals surface area contributed by atoms with E-state index in [0.717, 1.165) is 0 Å². The Morgan fingerprint density at radius 3 is 2.78 bits per heavy atom. The lowest BCUT2D eigenvalue weighted by atomic mass is 10.1. The van der Waals surface area contributed by atoms with Crippen molar-refractivity contribution in [1.29, 1.82) is 0 Å². The summed E-state index contributed by atoms with van der Waals surface area (Å²) in [5.41, 5.74) is 0.333. The van der Waals surface area contributed by atoms with Crippen LogP contribution in [0, 0.1) is 10.1 Å². The molecule has 0 bridgehead atoms. The van der Waals surface area contributed by atoms with Gasteiger partial charge >= 0.3 is 0 Å². The van der Waals surface area contributed by atoms with Crippen molar-refractivity contribution in [3.05, 3.63) is 33.9 Å². The topological polar surface area (TPSA) is 69.4 Å². The van der Waals surface area contributed by atoms with Gasteiger partial charge in [-0.2, -0.15) is 0 Å². The zero-order chi connectivity index (χ0) is 13.5. The van der Waals surface area contributed by atoms with E-state index < -0.39 is 4.92 Å². The van der Waals surface area contributed by atoms with Crippen molar-refractivity contribution in [2.75, 3.05) is 19.0 Å². The SMILES string of the molecule is CCOCCSc1ccc(C(C)=O)cc1[N+](=O)[O-]. The number of benzene rings is 1. The van der Waals surface area contributed by atoms with E-state index >= 15 is 0 Å². The maximum Gasteiger partial charge on any atom is 0.283 e. The molecule has 0 radical (unpaired) electrons. The van der Waals surface area contributed by atoms with Gasteiger partial charge in [-0.25, -0.2) is 0 Å². The van der Waals surface area contributed by atoms with E-state index in [1.807, 2.05) is 6.92 Å². The maximum absolute atomic E-state index is 11.2. The standard InChI is InChI=1S/C12H15NO4S/c1-3-17-6-7-18-12-5-4-10(9(2)14)8-11(12)13(15)16/h4-5,8H,3,6-7H2,1-2H3. The normalized spacial score (nSPS) is 10.3. The van der Waals surface area contributed by atoms with Gasteiger partial charge in [0.05, 0.1) is 16.4 Å². The third kappa shape index (κ3) is 4.12. The van der Waals surface area contributed by atoms with Crippen LogP contribution in [0.25, 0.3) is 0 Å². The lowest BCUT2D eigenvalue weighted by Crippen LogP contribution is -1.99. The zero-order valence-corrected chi connectivity index (χ0v) is 11.2. The first-order valence-electron chi connectivity index (χ1n) is 5.56. The van der Waals surface area contributed by atoms with E-state index in [4.69, 9.17) is 4.74 Å². The molecule has 0 heterocycles. The average molecular weight is 269 g/mol. The van der Waals surface area contributed by atoms with Crippen LogP contribution in [0.1, 0.15) is 24.2 Å². The average Bonchev–Trinajstić information content (AvgIpc) is 2.34. The number of nitro groups is 1. The number of carbonyl (C=O) groups is 1. The van der Waals surface area contributed by atoms with Gasteiger partial charge in [-0.1, -0.05) is 0 Å². The Hall–Kier alpha value is -1.40. The quantitative estimate of drug-likeness (QED) is 0.250. The van der Waals surface area contributed by atoms with E-state index in [1.54, 1.807) is 12.1 Å². The van der Waals surface area contributed by atoms with Crippen molar-refractivity contribution in [3.8, 4) is 0 Å². The fourth-order valence-electron chi connectivity index (χ4n) is 1.36. The Bertz CT molecular complexity index is 448. The second kappa shape index (κ2) is 7.13. The molecule has 0 aromatic heterocycles. The van der Waals surface area contributed by atoms with Gasteiger partial charge in [0.2, 0.25) is 0 Å². The lowest BCUT2D eigenvalue weighted by Gasteiger charge is -2.04. The van der Waals surface area contributed by atoms with Gasteiger partial charge < -0.3 is 4.74 Å². The second-order valence-electron chi connectivity index (χ2n) is 3.54. The number of hydrogen-bond acceptors (Lipinski definition) is 5. The van der Waals surface area contributed by atoms with Crippen molar-refractivity contribution in [3.63, 3.8) is 0 Å². The van der Waals surface area contributed by atoms with Crippen LogP contribution >= 0.6 is 11.8 Å². The summed E-state index contributed by atoms with van der Waals surface area (Å²) in [6.45, 7) is 4.47. The van der Waals surface area contributed by atoms with Gasteiger partial charge in [0.25, 0.3) is 5.69 Å². The highest BCUT2D eigenvalue weighted by atomic mass is 32.2. The number of nitro benzene ring substituents is 1. The first-order chi connectivity index (χ1) is 8.56. The number of hydrogen-bond donors (Lipinski definition) is 0. The molecule has 0 atom stereocenters. The minimum absolute atomic E-state index is 0.0239. The maximum atomic E-state index is 11.2. The number of ether oxygens (including phenoxy) is 1. The highest BCUT2D eigenvalue weighted by molar-refractivity contribution is 7.99. The Kier molecular flexibility index (Phi) is 5.80. The predicted octanol–water partition coefficient (Wildman–Crippen LogP) is 2.93. The van der Waals surface area contributed by atoms with Crippen molar-refractivity contribution in [1.82, 2.24) is 0 Å². The molecule has 6 heteroatoms. The number of ketones is 1. The third-order valence-corrected chi connectivity index (χ3v) is 3.28. The Morgan fingerprint density at radius 2 is 2.22 bits per heavy atom. The first kappa shape index (κ1) is 14.7. The van der Waals surface area contributed by atoms with Crippen LogP contribution in [0.3, 0.4) is 0 Å². The van der Waals surface area contributed by atoms with Crippen molar-refractivity contribution in [2.24, 2.45) is 0 Å². The van der Waals surface area contributed by atoms with Crippen LogP contribution in [0.2, 0.25) is 0 Å². The minimum atomic E-state index is -0.463. The van der Waals surface area contributed by atoms with Crippen molar-refractivity contribution >= 4 is 23.2 Å². The van der Waals surface area contributed by atoms with Crippen LogP contribution in [0.5, 0.6) is 0 Å². The van der Waals surface area contributed by atoms with E-state index in [0.29, 0.717) is 29.4 Å². The van der Waals surface area contributed by atoms with Crippen LogP contribution in [-0.2, 0) is 4.74 Å². The molecular weight excluding hydrogens is 254 g/mol. The molecule has 1 aromatic rings. The molecule has 0 N–H and O–H groups in total. The molecule has 0 aliphatic heterocycles. The van der Waals surface area contributed by atoms with Crippen LogP contribution in [0.15, 0.2) is 23.1 Å². The van der Waals surface area contributed by atoms with Gasteiger partial charge in [0.1, 0.15) is 0 Å². The summed E-state index contributed by atoms with van der Waals surface area (Å²) in [6, 6.07) is 4.55. The molecule has 0 amide bonds. The number of rotatable bonds is 7. The van der Waals surface area contributed by atoms with Gasteiger partial charge in [-0.3, -0.25) is 14.9 Å². The number of Topliss-reactive ketones (excluding diaryl/α,β-unsaturated/α-hetero) is 1. The minimum Gasteiger partial charge on any atom is -0.381 e. The van der Waals surface area contributed by atoms with Crippen LogP contribution in [-0.4, -0.2) is 29.7 Å². The molecule has 18 heavy (non-hydrogen) atoms. The Labute approximate surface area is 110 Å². The molecule has 0 aliphatic rings. The van der Waals surface area contributed by atoms with Gasteiger partial charge in [-0.05, 0) is 26.0 Å². The molecule has 0 spiro atoms. The molecule has 0 aliphatic carbocycles. The van der Waals surface area contributed by atoms with E-state index in [9.17, 15) is 14.9 Å². The molecule has 1 rings (SSSR count). The van der Waals surface area contributed by atoms with Crippen LogP contribution in [0.4, 0.5) is 5.69 Å². The molecule has 5 nitrogen and oxygen atoms in total. The van der Waals surface area contributed by atoms with Gasteiger partial charge in [0, 0.05) is 24.0 Å². The fraction of sp³-hybridized carbons (Fsp3) is 0.417. The lowest BCUT2D eigenvalue weighted by molar-refractivity contribution is -0.387. The molecule has 0 fully saturated rings. The summed E-state index contributed by atoms with van der Waals surface area (Å²) >= 11 is 1.36. The summed E-state index contributed by atoms with van der Waals surface area (Å²) < 4.78 is 5.17. The highest BCUT2D eigenvalue weighted by Gasteiger charge is 2.16. The first-order valence-corrected chi connectivity index (χ1v) is 6.54. The Morgan fingerprint density at radius 1 is 1.50 bits per heavy atom. The number of thioether (sulfide) groups is 1. The smallest absolute Gasteiger partial charge is 0.283 e. The summed E-state index contributed by atoms with van der Waals surface area (Å²) in [5.74, 6) is 0.470. The number of carbonyl (C=O) groups excluding carboxylic acids is 1. The zero-order valence-electron chi connectivity index (χ0n) is 10.3. The van der Waals surface area contributed by atoms with Gasteiger partial charge in [0.15, 0.2) is 5.78 Å². The predicted molar refractivity (Wildman–Crippen MR) is 70.3 cm³/mol. The van der Waals surface area contributed by atoms with E-state index in [2.05, 4.69) is 0 Å². The molecule has 1 aromatic carbocycles. The Balaban J connectivity index is 2.83. The van der Waals surface area contributed by atoms with E-state index in [-0.39, 0.29) is 11.5 Å². The van der Waals surface area contributed by atoms with Crippen LogP contribution < -0.4 is 0 Å². The second-order valence-corrected chi connectivity index (χ2v) is 4.68. The molecular formula is C12H15NO4S. The molecule has 0 unspecified atom stereocenters. The molecule has 98 valence electrons. The summed E-state index contributed by atoms with van der Waals surface area (Å²) in [5, 5.41) is 10.9. The van der Waals surface area contributed by atoms with E-state index in [1.165, 1.54) is 24.8 Å². The van der Waals surface area contributed by atoms with Crippen molar-refractivity contribution in [2.45, 2.75) is 18.7 Å². The summed E-state index contributed by atoms with van der Waals surface area (Å²) in [6.07, 6.45) is 0. The van der Waals surface area contributed by atoms with Gasteiger partial charge in [-0.15, -0.1) is 11.8 Å². The van der Waals surface area contributed by atoms with Crippen molar-refractivity contribution < 1.29 is 14.5 Å². The summed E-state index contributed by atoms with van der Waals surface area (Å²) in [4.78, 5) is 22.2. The number of nitrogens with zero attached hydrogens (tertiary/aromatic N) is 1. The monoisotopic (exact) mass is 269 g/mol.